The highest BCUT2D eigenvalue weighted by Crippen LogP contribution is 2.15. The van der Waals surface area contributed by atoms with E-state index in [0.29, 0.717) is 24.6 Å². The van der Waals surface area contributed by atoms with E-state index in [9.17, 15) is 9.59 Å². The summed E-state index contributed by atoms with van der Waals surface area (Å²) in [7, 11) is 3.39. The van der Waals surface area contributed by atoms with Crippen LogP contribution < -0.4 is 15.4 Å². The monoisotopic (exact) mass is 369 g/mol. The molecule has 1 fully saturated rings. The van der Waals surface area contributed by atoms with Crippen LogP contribution in [0.2, 0.25) is 0 Å². The Morgan fingerprint density at radius 1 is 1.36 bits per heavy atom. The topological polar surface area (TPSA) is 70.7 Å². The minimum absolute atomic E-state index is 0. The maximum atomic E-state index is 11.9. The van der Waals surface area contributed by atoms with E-state index in [0.717, 1.165) is 25.1 Å². The van der Waals surface area contributed by atoms with Crippen molar-refractivity contribution in [1.82, 2.24) is 15.5 Å². The molecule has 0 saturated carbocycles. The van der Waals surface area contributed by atoms with Crippen molar-refractivity contribution in [1.29, 1.82) is 0 Å². The molecule has 140 valence electrons. The minimum atomic E-state index is -0.0879. The van der Waals surface area contributed by atoms with Crippen LogP contribution in [0, 0.1) is 5.92 Å². The molecular formula is C18H28ClN3O3. The van der Waals surface area contributed by atoms with Crippen molar-refractivity contribution in [2.24, 2.45) is 5.92 Å². The van der Waals surface area contributed by atoms with Gasteiger partial charge in [-0.1, -0.05) is 12.1 Å². The Morgan fingerprint density at radius 2 is 2.16 bits per heavy atom. The van der Waals surface area contributed by atoms with E-state index in [4.69, 9.17) is 4.74 Å². The van der Waals surface area contributed by atoms with Gasteiger partial charge in [0.1, 0.15) is 5.75 Å². The Hall–Kier alpha value is -1.79. The summed E-state index contributed by atoms with van der Waals surface area (Å²) in [6, 6.07) is 7.45. The first kappa shape index (κ1) is 21.3. The van der Waals surface area contributed by atoms with Gasteiger partial charge in [-0.2, -0.15) is 0 Å². The second kappa shape index (κ2) is 10.9. The molecule has 7 heteroatoms. The summed E-state index contributed by atoms with van der Waals surface area (Å²) in [6.07, 6.45) is 2.67. The normalized spacial score (nSPS) is 16.0. The van der Waals surface area contributed by atoms with Crippen LogP contribution in [-0.2, 0) is 16.1 Å². The number of benzene rings is 1. The lowest BCUT2D eigenvalue weighted by Gasteiger charge is -2.12. The van der Waals surface area contributed by atoms with Gasteiger partial charge in [-0.3, -0.25) is 9.59 Å². The van der Waals surface area contributed by atoms with Gasteiger partial charge >= 0.3 is 0 Å². The Morgan fingerprint density at radius 3 is 2.84 bits per heavy atom. The predicted molar refractivity (Wildman–Crippen MR) is 99.9 cm³/mol. The molecule has 1 heterocycles. The van der Waals surface area contributed by atoms with Crippen LogP contribution in [0.25, 0.3) is 0 Å². The summed E-state index contributed by atoms with van der Waals surface area (Å²) in [6.45, 7) is 2.58. The van der Waals surface area contributed by atoms with Crippen molar-refractivity contribution in [2.75, 3.05) is 33.8 Å². The van der Waals surface area contributed by atoms with Crippen LogP contribution in [0.5, 0.6) is 5.75 Å². The number of rotatable bonds is 8. The molecule has 1 saturated heterocycles. The van der Waals surface area contributed by atoms with Gasteiger partial charge in [0.15, 0.2) is 6.61 Å². The van der Waals surface area contributed by atoms with E-state index >= 15 is 0 Å². The van der Waals surface area contributed by atoms with Gasteiger partial charge < -0.3 is 20.3 Å². The highest BCUT2D eigenvalue weighted by Gasteiger charge is 2.15. The summed E-state index contributed by atoms with van der Waals surface area (Å²) in [5, 5.41) is 6.26. The van der Waals surface area contributed by atoms with Crippen LogP contribution in [0.4, 0.5) is 0 Å². The van der Waals surface area contributed by atoms with Gasteiger partial charge in [0, 0.05) is 27.1 Å². The summed E-state index contributed by atoms with van der Waals surface area (Å²) >= 11 is 0. The SMILES string of the molecule is CN(C)C(=O)COc1cccc(CNC(=O)CCC2CCNC2)c1.Cl. The largest absolute Gasteiger partial charge is 0.484 e. The second-order valence-corrected chi connectivity index (χ2v) is 6.40. The van der Waals surface area contributed by atoms with Gasteiger partial charge in [0.25, 0.3) is 5.91 Å². The number of nitrogens with zero attached hydrogens (tertiary/aromatic N) is 1. The maximum absolute atomic E-state index is 11.9. The molecule has 0 radical (unpaired) electrons. The van der Waals surface area contributed by atoms with Crippen LogP contribution in [0.15, 0.2) is 24.3 Å². The van der Waals surface area contributed by atoms with Gasteiger partial charge in [-0.05, 0) is 49.5 Å². The van der Waals surface area contributed by atoms with Crippen molar-refractivity contribution in [2.45, 2.75) is 25.8 Å². The zero-order valence-electron chi connectivity index (χ0n) is 14.9. The third kappa shape index (κ3) is 7.75. The Balaban J connectivity index is 0.00000312. The number of hydrogen-bond donors (Lipinski definition) is 2. The van der Waals surface area contributed by atoms with Crippen molar-refractivity contribution < 1.29 is 14.3 Å². The molecule has 2 rings (SSSR count). The molecule has 0 spiro atoms. The lowest BCUT2D eigenvalue weighted by Crippen LogP contribution is -2.27. The first-order chi connectivity index (χ1) is 11.5. The molecule has 25 heavy (non-hydrogen) atoms. The predicted octanol–water partition coefficient (Wildman–Crippen LogP) is 1.58. The number of amides is 2. The number of nitrogens with one attached hydrogen (secondary N) is 2. The fourth-order valence-corrected chi connectivity index (χ4v) is 2.60. The number of carbonyl (C=O) groups is 2. The van der Waals surface area contributed by atoms with E-state index in [2.05, 4.69) is 10.6 Å². The molecule has 1 aromatic rings. The molecule has 1 aliphatic heterocycles. The van der Waals surface area contributed by atoms with E-state index < -0.39 is 0 Å². The van der Waals surface area contributed by atoms with Crippen LogP contribution in [0.3, 0.4) is 0 Å². The number of carbonyl (C=O) groups excluding carboxylic acids is 2. The van der Waals surface area contributed by atoms with Crippen molar-refractivity contribution in [3.05, 3.63) is 29.8 Å². The fourth-order valence-electron chi connectivity index (χ4n) is 2.60. The third-order valence-electron chi connectivity index (χ3n) is 4.19. The van der Waals surface area contributed by atoms with Gasteiger partial charge in [-0.15, -0.1) is 12.4 Å². The maximum Gasteiger partial charge on any atom is 0.259 e. The van der Waals surface area contributed by atoms with E-state index in [1.165, 1.54) is 11.3 Å². The summed E-state index contributed by atoms with van der Waals surface area (Å²) in [5.74, 6) is 1.25. The molecule has 2 N–H and O–H groups in total. The van der Waals surface area contributed by atoms with Crippen molar-refractivity contribution >= 4 is 24.2 Å². The Kier molecular flexibility index (Phi) is 9.31. The number of halogens is 1. The number of likely N-dealkylation sites (N-methyl/N-ethyl adjacent to an activating group) is 1. The van der Waals surface area contributed by atoms with Crippen LogP contribution in [0.1, 0.15) is 24.8 Å². The Labute approximate surface area is 155 Å². The molecule has 1 aromatic carbocycles. The standard InChI is InChI=1S/C18H27N3O3.ClH/c1-21(2)18(23)13-24-16-5-3-4-15(10-16)12-20-17(22)7-6-14-8-9-19-11-14;/h3-5,10,14,19H,6-9,11-13H2,1-2H3,(H,20,22);1H. The van der Waals surface area contributed by atoms with E-state index in [1.54, 1.807) is 20.2 Å². The summed E-state index contributed by atoms with van der Waals surface area (Å²) < 4.78 is 5.48. The minimum Gasteiger partial charge on any atom is -0.484 e. The number of ether oxygens (including phenoxy) is 1. The zero-order chi connectivity index (χ0) is 17.4. The highest BCUT2D eigenvalue weighted by molar-refractivity contribution is 5.85. The molecule has 0 bridgehead atoms. The fraction of sp³-hybridized carbons (Fsp3) is 0.556. The lowest BCUT2D eigenvalue weighted by atomic mass is 10.0. The summed E-state index contributed by atoms with van der Waals surface area (Å²) in [5.41, 5.74) is 0.959. The lowest BCUT2D eigenvalue weighted by molar-refractivity contribution is -0.130. The first-order valence-electron chi connectivity index (χ1n) is 8.44. The molecule has 1 atom stereocenters. The molecular weight excluding hydrogens is 342 g/mol. The number of hydrogen-bond acceptors (Lipinski definition) is 4. The molecule has 2 amide bonds. The zero-order valence-corrected chi connectivity index (χ0v) is 15.7. The summed E-state index contributed by atoms with van der Waals surface area (Å²) in [4.78, 5) is 25.0. The molecule has 1 unspecified atom stereocenters. The van der Waals surface area contributed by atoms with E-state index in [1.807, 2.05) is 18.2 Å². The van der Waals surface area contributed by atoms with Gasteiger partial charge in [0.05, 0.1) is 0 Å². The average Bonchev–Trinajstić information content (AvgIpc) is 3.09. The third-order valence-corrected chi connectivity index (χ3v) is 4.19. The quantitative estimate of drug-likeness (QED) is 0.730. The van der Waals surface area contributed by atoms with Crippen molar-refractivity contribution in [3.8, 4) is 5.75 Å². The molecule has 6 nitrogen and oxygen atoms in total. The molecule has 0 aliphatic carbocycles. The van der Waals surface area contributed by atoms with Crippen molar-refractivity contribution in [3.63, 3.8) is 0 Å². The van der Waals surface area contributed by atoms with Crippen LogP contribution in [-0.4, -0.2) is 50.5 Å². The smallest absolute Gasteiger partial charge is 0.259 e. The molecule has 0 aromatic heterocycles. The average molecular weight is 370 g/mol. The highest BCUT2D eigenvalue weighted by atomic mass is 35.5. The Bertz CT molecular complexity index is 560. The van der Waals surface area contributed by atoms with E-state index in [-0.39, 0.29) is 30.8 Å². The first-order valence-corrected chi connectivity index (χ1v) is 8.44. The molecule has 1 aliphatic rings. The second-order valence-electron chi connectivity index (χ2n) is 6.40. The van der Waals surface area contributed by atoms with Gasteiger partial charge in [0.2, 0.25) is 5.91 Å². The van der Waals surface area contributed by atoms with Gasteiger partial charge in [-0.25, -0.2) is 0 Å². The van der Waals surface area contributed by atoms with Crippen LogP contribution >= 0.6 is 12.4 Å².